The fourth-order valence-corrected chi connectivity index (χ4v) is 2.35. The van der Waals surface area contributed by atoms with Crippen molar-refractivity contribution in [3.8, 4) is 0 Å². The molecule has 3 rings (SSSR count). The summed E-state index contributed by atoms with van der Waals surface area (Å²) < 4.78 is 1.48. The van der Waals surface area contributed by atoms with Crippen LogP contribution in [0.3, 0.4) is 0 Å². The van der Waals surface area contributed by atoms with Crippen LogP contribution in [0.1, 0.15) is 18.9 Å². The molecule has 6 heteroatoms. The monoisotopic (exact) mass is 245 g/mol. The van der Waals surface area contributed by atoms with Gasteiger partial charge >= 0.3 is 0 Å². The fraction of sp³-hybridized carbons (Fsp3) is 0.417. The third kappa shape index (κ3) is 1.84. The first-order valence-electron chi connectivity index (χ1n) is 6.11. The molecule has 0 bridgehead atoms. The van der Waals surface area contributed by atoms with E-state index in [1.807, 2.05) is 0 Å². The second-order valence-electron chi connectivity index (χ2n) is 4.62. The average Bonchev–Trinajstić information content (AvgIpc) is 2.41. The van der Waals surface area contributed by atoms with Crippen molar-refractivity contribution in [3.05, 3.63) is 28.6 Å². The predicted molar refractivity (Wildman–Crippen MR) is 69.4 cm³/mol. The van der Waals surface area contributed by atoms with E-state index in [0.29, 0.717) is 16.6 Å². The minimum Gasteiger partial charge on any atom is -0.399 e. The minimum absolute atomic E-state index is 0.0876. The summed E-state index contributed by atoms with van der Waals surface area (Å²) in [4.78, 5) is 12.4. The van der Waals surface area contributed by atoms with Crippen molar-refractivity contribution in [2.24, 2.45) is 0 Å². The van der Waals surface area contributed by atoms with Crippen molar-refractivity contribution in [2.45, 2.75) is 18.9 Å². The largest absolute Gasteiger partial charge is 0.399 e. The number of rotatable bonds is 1. The first-order valence-corrected chi connectivity index (χ1v) is 6.11. The van der Waals surface area contributed by atoms with Gasteiger partial charge in [-0.2, -0.15) is 0 Å². The highest BCUT2D eigenvalue weighted by atomic mass is 16.1. The van der Waals surface area contributed by atoms with Gasteiger partial charge in [0.15, 0.2) is 0 Å². The second kappa shape index (κ2) is 4.38. The van der Waals surface area contributed by atoms with Gasteiger partial charge in [-0.15, -0.1) is 5.10 Å². The van der Waals surface area contributed by atoms with Crippen LogP contribution >= 0.6 is 0 Å². The highest BCUT2D eigenvalue weighted by molar-refractivity contribution is 5.80. The smallest absolute Gasteiger partial charge is 0.277 e. The van der Waals surface area contributed by atoms with Crippen molar-refractivity contribution in [2.75, 3.05) is 18.8 Å². The van der Waals surface area contributed by atoms with Gasteiger partial charge in [-0.25, -0.2) is 4.68 Å². The van der Waals surface area contributed by atoms with E-state index in [1.165, 1.54) is 4.68 Å². The summed E-state index contributed by atoms with van der Waals surface area (Å²) in [7, 11) is 0. The van der Waals surface area contributed by atoms with Gasteiger partial charge in [-0.3, -0.25) is 4.79 Å². The van der Waals surface area contributed by atoms with E-state index in [1.54, 1.807) is 18.2 Å². The van der Waals surface area contributed by atoms with E-state index in [2.05, 4.69) is 15.6 Å². The van der Waals surface area contributed by atoms with Gasteiger partial charge in [0.05, 0.1) is 11.4 Å². The zero-order valence-corrected chi connectivity index (χ0v) is 9.97. The van der Waals surface area contributed by atoms with Gasteiger partial charge in [-0.05, 0) is 37.6 Å². The molecule has 6 nitrogen and oxygen atoms in total. The Labute approximate surface area is 104 Å². The Morgan fingerprint density at radius 1 is 1.44 bits per heavy atom. The summed E-state index contributed by atoms with van der Waals surface area (Å²) in [6.07, 6.45) is 2.00. The summed E-state index contributed by atoms with van der Waals surface area (Å²) >= 11 is 0. The maximum absolute atomic E-state index is 12.4. The molecule has 0 spiro atoms. The van der Waals surface area contributed by atoms with Crippen molar-refractivity contribution in [3.63, 3.8) is 0 Å². The molecular weight excluding hydrogens is 230 g/mol. The third-order valence-corrected chi connectivity index (χ3v) is 3.32. The molecule has 1 atom stereocenters. The Hall–Kier alpha value is -1.95. The number of nitrogens with zero attached hydrogens (tertiary/aromatic N) is 3. The molecule has 1 aromatic carbocycles. The molecule has 3 N–H and O–H groups in total. The molecular formula is C12H15N5O. The standard InChI is InChI=1S/C12H15N5O/c13-8-3-4-11-10(6-8)12(18)17(16-15-11)9-2-1-5-14-7-9/h3-4,6,9,14H,1-2,5,7,13H2. The number of aromatic nitrogens is 3. The Morgan fingerprint density at radius 3 is 3.11 bits per heavy atom. The molecule has 1 aliphatic heterocycles. The molecule has 1 aromatic heterocycles. The molecule has 1 unspecified atom stereocenters. The van der Waals surface area contributed by atoms with Crippen molar-refractivity contribution in [1.82, 2.24) is 20.3 Å². The first-order chi connectivity index (χ1) is 8.75. The number of piperidine rings is 1. The summed E-state index contributed by atoms with van der Waals surface area (Å²) in [5, 5.41) is 11.9. The molecule has 0 radical (unpaired) electrons. The quantitative estimate of drug-likeness (QED) is 0.706. The number of hydrogen-bond acceptors (Lipinski definition) is 5. The van der Waals surface area contributed by atoms with Crippen LogP contribution in [0.4, 0.5) is 5.69 Å². The van der Waals surface area contributed by atoms with Gasteiger partial charge < -0.3 is 11.1 Å². The second-order valence-corrected chi connectivity index (χ2v) is 4.62. The zero-order chi connectivity index (χ0) is 12.5. The molecule has 18 heavy (non-hydrogen) atoms. The van der Waals surface area contributed by atoms with Crippen LogP contribution < -0.4 is 16.6 Å². The fourth-order valence-electron chi connectivity index (χ4n) is 2.35. The molecule has 1 aliphatic rings. The number of nitrogens with two attached hydrogens (primary N) is 1. The van der Waals surface area contributed by atoms with E-state index < -0.39 is 0 Å². The van der Waals surface area contributed by atoms with E-state index in [0.717, 1.165) is 25.9 Å². The number of benzene rings is 1. The van der Waals surface area contributed by atoms with Gasteiger partial charge in [0, 0.05) is 12.2 Å². The number of fused-ring (bicyclic) bond motifs is 1. The molecule has 2 heterocycles. The lowest BCUT2D eigenvalue weighted by atomic mass is 10.1. The van der Waals surface area contributed by atoms with Gasteiger partial charge in [-0.1, -0.05) is 5.21 Å². The van der Waals surface area contributed by atoms with Crippen LogP contribution in [0, 0.1) is 0 Å². The molecule has 1 fully saturated rings. The maximum atomic E-state index is 12.4. The van der Waals surface area contributed by atoms with E-state index >= 15 is 0 Å². The topological polar surface area (TPSA) is 85.8 Å². The Morgan fingerprint density at radius 2 is 2.33 bits per heavy atom. The average molecular weight is 245 g/mol. The summed E-state index contributed by atoms with van der Waals surface area (Å²) in [6.45, 7) is 1.77. The van der Waals surface area contributed by atoms with Gasteiger partial charge in [0.1, 0.15) is 5.52 Å². The number of nitrogen functional groups attached to an aromatic ring is 1. The van der Waals surface area contributed by atoms with Gasteiger partial charge in [0.25, 0.3) is 5.56 Å². The van der Waals surface area contributed by atoms with E-state index in [9.17, 15) is 4.79 Å². The molecule has 94 valence electrons. The zero-order valence-electron chi connectivity index (χ0n) is 9.97. The highest BCUT2D eigenvalue weighted by Gasteiger charge is 2.18. The Balaban J connectivity index is 2.13. The summed E-state index contributed by atoms with van der Waals surface area (Å²) in [5.74, 6) is 0. The summed E-state index contributed by atoms with van der Waals surface area (Å²) in [6, 6.07) is 5.20. The molecule has 0 amide bonds. The van der Waals surface area contributed by atoms with Crippen molar-refractivity contribution >= 4 is 16.6 Å². The maximum Gasteiger partial charge on any atom is 0.277 e. The predicted octanol–water partition coefficient (Wildman–Crippen LogP) is 0.298. The van der Waals surface area contributed by atoms with E-state index in [-0.39, 0.29) is 11.6 Å². The summed E-state index contributed by atoms with van der Waals surface area (Å²) in [5.41, 5.74) is 6.76. The van der Waals surface area contributed by atoms with Crippen LogP contribution in [-0.4, -0.2) is 28.1 Å². The number of hydrogen-bond donors (Lipinski definition) is 2. The van der Waals surface area contributed by atoms with Crippen molar-refractivity contribution < 1.29 is 0 Å². The first kappa shape index (κ1) is 11.2. The Kier molecular flexibility index (Phi) is 2.71. The number of nitrogens with one attached hydrogen (secondary N) is 1. The van der Waals surface area contributed by atoms with Crippen LogP contribution in [-0.2, 0) is 0 Å². The van der Waals surface area contributed by atoms with Crippen LogP contribution in [0.25, 0.3) is 10.9 Å². The normalized spacial score (nSPS) is 20.1. The lowest BCUT2D eigenvalue weighted by Gasteiger charge is -2.23. The molecule has 1 saturated heterocycles. The highest BCUT2D eigenvalue weighted by Crippen LogP contribution is 2.15. The molecule has 2 aromatic rings. The van der Waals surface area contributed by atoms with Crippen LogP contribution in [0.2, 0.25) is 0 Å². The Bertz CT molecular complexity index is 630. The van der Waals surface area contributed by atoms with Crippen molar-refractivity contribution in [1.29, 1.82) is 0 Å². The SMILES string of the molecule is Nc1ccc2nnn(C3CCCNC3)c(=O)c2c1. The number of anilines is 1. The van der Waals surface area contributed by atoms with E-state index in [4.69, 9.17) is 5.73 Å². The van der Waals surface area contributed by atoms with Gasteiger partial charge in [0.2, 0.25) is 0 Å². The molecule has 0 aliphatic carbocycles. The molecule has 0 saturated carbocycles. The lowest BCUT2D eigenvalue weighted by Crippen LogP contribution is -2.38. The third-order valence-electron chi connectivity index (χ3n) is 3.32. The minimum atomic E-state index is -0.110. The van der Waals surface area contributed by atoms with Crippen LogP contribution in [0.15, 0.2) is 23.0 Å². The lowest BCUT2D eigenvalue weighted by molar-refractivity contribution is 0.328. The van der Waals surface area contributed by atoms with Crippen LogP contribution in [0.5, 0.6) is 0 Å².